The van der Waals surface area contributed by atoms with E-state index in [9.17, 15) is 5.11 Å². The second-order valence-corrected chi connectivity index (χ2v) is 8.62. The maximum atomic E-state index is 10.1. The monoisotopic (exact) mass is 352 g/mol. The molecule has 0 aliphatic rings. The standard InChI is InChI=1S/3C4H10O.C4H9O.K.H2O/c4*1-4(2,3)5;;/h3*5H,1-3H3;1-3H3;;1H2/q;;;-1;+1;. The van der Waals surface area contributed by atoms with Crippen LogP contribution in [-0.4, -0.2) is 43.2 Å². The van der Waals surface area contributed by atoms with Gasteiger partial charge in [-0.15, -0.1) is 5.60 Å². The Hall–Kier alpha value is 1.44. The summed E-state index contributed by atoms with van der Waals surface area (Å²) >= 11 is 0. The predicted molar refractivity (Wildman–Crippen MR) is 89.3 cm³/mol. The van der Waals surface area contributed by atoms with Crippen LogP contribution in [0.4, 0.5) is 0 Å². The third kappa shape index (κ3) is 4340. The average Bonchev–Trinajstić information content (AvgIpc) is 1.62. The molecule has 0 fully saturated rings. The van der Waals surface area contributed by atoms with Gasteiger partial charge in [0, 0.05) is 0 Å². The Morgan fingerprint density at radius 3 is 0.500 bits per heavy atom. The zero-order valence-electron chi connectivity index (χ0n) is 17.2. The van der Waals surface area contributed by atoms with Gasteiger partial charge in [0.25, 0.3) is 0 Å². The summed E-state index contributed by atoms with van der Waals surface area (Å²) in [5.41, 5.74) is -2.25. The van der Waals surface area contributed by atoms with E-state index in [4.69, 9.17) is 15.3 Å². The van der Waals surface area contributed by atoms with Gasteiger partial charge in [0.05, 0.1) is 16.8 Å². The number of rotatable bonds is 0. The van der Waals surface area contributed by atoms with Gasteiger partial charge in [-0.3, -0.25) is 0 Å². The first-order valence-corrected chi connectivity index (χ1v) is 6.87. The first-order chi connectivity index (χ1) is 8.00. The van der Waals surface area contributed by atoms with Crippen LogP contribution >= 0.6 is 0 Å². The van der Waals surface area contributed by atoms with Gasteiger partial charge in [0.2, 0.25) is 0 Å². The molecule has 0 rings (SSSR count). The molecule has 0 aromatic rings. The van der Waals surface area contributed by atoms with Crippen molar-refractivity contribution >= 4 is 0 Å². The molecule has 0 atom stereocenters. The third-order valence-electron chi connectivity index (χ3n) is 0. The molecule has 0 spiro atoms. The van der Waals surface area contributed by atoms with Crippen molar-refractivity contribution < 1.29 is 77.3 Å². The molecule has 0 aliphatic heterocycles. The minimum Gasteiger partial charge on any atom is -0.850 e. The smallest absolute Gasteiger partial charge is 0.850 e. The summed E-state index contributed by atoms with van der Waals surface area (Å²) < 4.78 is 0. The van der Waals surface area contributed by atoms with Crippen LogP contribution < -0.4 is 56.5 Å². The molecule has 5 N–H and O–H groups in total. The van der Waals surface area contributed by atoms with Crippen LogP contribution in [-0.2, 0) is 0 Å². The van der Waals surface area contributed by atoms with E-state index in [1.807, 2.05) is 0 Å². The van der Waals surface area contributed by atoms with Gasteiger partial charge in [0.15, 0.2) is 0 Å². The molecule has 0 aromatic carbocycles. The minimum absolute atomic E-state index is 0. The Morgan fingerprint density at radius 1 is 0.500 bits per heavy atom. The Kier molecular flexibility index (Phi) is 28.1. The van der Waals surface area contributed by atoms with Crippen molar-refractivity contribution in [2.45, 2.75) is 105 Å². The molecule has 0 saturated carbocycles. The van der Waals surface area contributed by atoms with Gasteiger partial charge < -0.3 is 25.9 Å². The van der Waals surface area contributed by atoms with Crippen molar-refractivity contribution in [1.82, 2.24) is 0 Å². The van der Waals surface area contributed by atoms with E-state index in [1.165, 1.54) is 0 Å². The van der Waals surface area contributed by atoms with Crippen molar-refractivity contribution in [2.75, 3.05) is 0 Å². The molecule has 0 aliphatic carbocycles. The maximum Gasteiger partial charge on any atom is 1.00 e. The Labute approximate surface area is 181 Å². The molecule has 5 nitrogen and oxygen atoms in total. The summed E-state index contributed by atoms with van der Waals surface area (Å²) in [5, 5.41) is 35.7. The molecule has 0 heterocycles. The van der Waals surface area contributed by atoms with E-state index in [0.29, 0.717) is 0 Å². The van der Waals surface area contributed by atoms with Crippen molar-refractivity contribution in [3.63, 3.8) is 0 Å². The van der Waals surface area contributed by atoms with Crippen LogP contribution in [0.5, 0.6) is 0 Å². The van der Waals surface area contributed by atoms with Gasteiger partial charge in [-0.1, -0.05) is 20.8 Å². The van der Waals surface area contributed by atoms with E-state index < -0.39 is 22.4 Å². The van der Waals surface area contributed by atoms with Gasteiger partial charge in [-0.25, -0.2) is 0 Å². The van der Waals surface area contributed by atoms with E-state index in [0.717, 1.165) is 0 Å². The molecular weight excluding hydrogens is 311 g/mol. The van der Waals surface area contributed by atoms with Crippen molar-refractivity contribution in [1.29, 1.82) is 0 Å². The molecule has 6 heteroatoms. The largest absolute Gasteiger partial charge is 1.00 e. The zero-order chi connectivity index (χ0) is 18.0. The fraction of sp³-hybridized carbons (Fsp3) is 1.00. The van der Waals surface area contributed by atoms with Gasteiger partial charge in [-0.2, -0.15) is 0 Å². The summed E-state index contributed by atoms with van der Waals surface area (Å²) in [6, 6.07) is 0. The van der Waals surface area contributed by atoms with Crippen molar-refractivity contribution in [2.24, 2.45) is 0 Å². The fourth-order valence-corrected chi connectivity index (χ4v) is 0. The number of hydrogen-bond acceptors (Lipinski definition) is 4. The van der Waals surface area contributed by atoms with Crippen LogP contribution in [0.1, 0.15) is 83.1 Å². The summed E-state index contributed by atoms with van der Waals surface area (Å²) in [4.78, 5) is 0. The van der Waals surface area contributed by atoms with Crippen molar-refractivity contribution in [3.05, 3.63) is 0 Å². The SMILES string of the molecule is CC(C)(C)O.CC(C)(C)O.CC(C)(C)O.CC(C)(C)[O-].O.[K+]. The normalized spacial score (nSPS) is 10.9. The summed E-state index contributed by atoms with van der Waals surface area (Å²) in [7, 11) is 0. The predicted octanol–water partition coefficient (Wildman–Crippen LogP) is -1.34. The summed E-state index contributed by atoms with van der Waals surface area (Å²) in [6.45, 7) is 20.6. The van der Waals surface area contributed by atoms with Gasteiger partial charge in [0.1, 0.15) is 0 Å². The van der Waals surface area contributed by atoms with E-state index in [-0.39, 0.29) is 56.9 Å². The first-order valence-electron chi connectivity index (χ1n) is 6.87. The van der Waals surface area contributed by atoms with Gasteiger partial charge in [-0.05, 0) is 62.3 Å². The van der Waals surface area contributed by atoms with E-state index in [1.54, 1.807) is 83.1 Å². The molecule has 0 unspecified atom stereocenters. The third-order valence-corrected chi connectivity index (χ3v) is 0. The molecule has 0 amide bonds. The Bertz CT molecular complexity index is 133. The Morgan fingerprint density at radius 2 is 0.500 bits per heavy atom. The molecule has 0 bridgehead atoms. The molecule has 136 valence electrons. The number of hydrogen-bond donors (Lipinski definition) is 3. The zero-order valence-corrected chi connectivity index (χ0v) is 20.4. The summed E-state index contributed by atoms with van der Waals surface area (Å²) in [5.74, 6) is 0. The van der Waals surface area contributed by atoms with E-state index >= 15 is 0 Å². The minimum atomic E-state index is -0.750. The summed E-state index contributed by atoms with van der Waals surface area (Å²) in [6.07, 6.45) is 0. The van der Waals surface area contributed by atoms with Gasteiger partial charge >= 0.3 is 51.4 Å². The van der Waals surface area contributed by atoms with Crippen LogP contribution in [0.15, 0.2) is 0 Å². The topological polar surface area (TPSA) is 115 Å². The number of aliphatic hydroxyl groups is 3. The Balaban J connectivity index is -0.0000000376. The molecule has 0 aromatic heterocycles. The fourth-order valence-electron chi connectivity index (χ4n) is 0. The first kappa shape index (κ1) is 38.8. The van der Waals surface area contributed by atoms with Crippen LogP contribution in [0.2, 0.25) is 0 Å². The quantitative estimate of drug-likeness (QED) is 0.468. The van der Waals surface area contributed by atoms with Crippen LogP contribution in [0, 0.1) is 0 Å². The molecule has 0 radical (unpaired) electrons. The molecular formula is C16H41KO5. The maximum absolute atomic E-state index is 10.1. The van der Waals surface area contributed by atoms with E-state index in [2.05, 4.69) is 0 Å². The van der Waals surface area contributed by atoms with Crippen LogP contribution in [0.25, 0.3) is 0 Å². The molecule has 22 heavy (non-hydrogen) atoms. The van der Waals surface area contributed by atoms with Crippen LogP contribution in [0.3, 0.4) is 0 Å². The second kappa shape index (κ2) is 15.9. The molecule has 0 saturated heterocycles. The van der Waals surface area contributed by atoms with Crippen molar-refractivity contribution in [3.8, 4) is 0 Å². The average molecular weight is 353 g/mol. The second-order valence-electron chi connectivity index (χ2n) is 8.62.